The van der Waals surface area contributed by atoms with Gasteiger partial charge in [-0.05, 0) is 30.5 Å². The molecule has 1 aromatic rings. The van der Waals surface area contributed by atoms with Crippen molar-refractivity contribution in [2.24, 2.45) is 0 Å². The minimum atomic E-state index is -9.57. The second-order valence-electron chi connectivity index (χ2n) is 3.44. The van der Waals surface area contributed by atoms with Gasteiger partial charge in [-0.3, -0.25) is 0 Å². The molecular formula is C9H11F5OS. The van der Waals surface area contributed by atoms with Crippen molar-refractivity contribution in [3.8, 4) is 0 Å². The summed E-state index contributed by atoms with van der Waals surface area (Å²) in [6, 6.07) is 3.07. The van der Waals surface area contributed by atoms with Gasteiger partial charge < -0.3 is 5.11 Å². The van der Waals surface area contributed by atoms with Crippen molar-refractivity contribution in [3.63, 3.8) is 0 Å². The van der Waals surface area contributed by atoms with Crippen LogP contribution in [0.4, 0.5) is 19.4 Å². The maximum absolute atomic E-state index is 12.4. The standard InChI is InChI=1S/C9H11F5OS/c10-16(11,12,13,14)9-5-1-3-8(7-9)4-2-6-15/h1,3,5,7,15H,2,4,6H2. The molecule has 1 aromatic carbocycles. The van der Waals surface area contributed by atoms with Gasteiger partial charge in [0.15, 0.2) is 0 Å². The van der Waals surface area contributed by atoms with Gasteiger partial charge in [0.05, 0.1) is 0 Å². The molecule has 0 aliphatic carbocycles. The van der Waals surface area contributed by atoms with E-state index in [1.165, 1.54) is 6.07 Å². The zero-order valence-corrected chi connectivity index (χ0v) is 8.99. The van der Waals surface area contributed by atoms with Crippen LogP contribution in [0, 0.1) is 0 Å². The van der Waals surface area contributed by atoms with Crippen LogP contribution in [-0.2, 0) is 6.42 Å². The van der Waals surface area contributed by atoms with Crippen molar-refractivity contribution in [1.82, 2.24) is 0 Å². The van der Waals surface area contributed by atoms with Crippen molar-refractivity contribution in [1.29, 1.82) is 0 Å². The number of hydrogen-bond donors (Lipinski definition) is 1. The number of aryl methyl sites for hydroxylation is 1. The van der Waals surface area contributed by atoms with Crippen molar-refractivity contribution >= 4 is 10.2 Å². The molecule has 0 aromatic heterocycles. The van der Waals surface area contributed by atoms with Crippen LogP contribution in [0.2, 0.25) is 0 Å². The highest BCUT2D eigenvalue weighted by Gasteiger charge is 2.65. The Bertz CT molecular complexity index is 385. The summed E-state index contributed by atoms with van der Waals surface area (Å²) in [5.74, 6) is 0. The van der Waals surface area contributed by atoms with E-state index in [-0.39, 0.29) is 25.0 Å². The maximum Gasteiger partial charge on any atom is 0.310 e. The molecule has 94 valence electrons. The van der Waals surface area contributed by atoms with Crippen molar-refractivity contribution in [2.45, 2.75) is 17.7 Å². The molecule has 0 radical (unpaired) electrons. The Labute approximate surface area is 89.6 Å². The SMILES string of the molecule is OCCCc1cccc(S(F)(F)(F)(F)F)c1. The van der Waals surface area contributed by atoms with Gasteiger partial charge in [0.25, 0.3) is 0 Å². The minimum Gasteiger partial charge on any atom is -0.396 e. The third-order valence-electron chi connectivity index (χ3n) is 1.97. The fourth-order valence-corrected chi connectivity index (χ4v) is 1.93. The smallest absolute Gasteiger partial charge is 0.310 e. The van der Waals surface area contributed by atoms with Crippen LogP contribution >= 0.6 is 10.2 Å². The number of rotatable bonds is 4. The molecule has 0 unspecified atom stereocenters. The molecule has 1 N–H and O–H groups in total. The average molecular weight is 262 g/mol. The summed E-state index contributed by atoms with van der Waals surface area (Å²) in [4.78, 5) is -1.88. The lowest BCUT2D eigenvalue weighted by molar-refractivity contribution is 0.288. The lowest BCUT2D eigenvalue weighted by Crippen LogP contribution is -2.06. The molecule has 0 spiro atoms. The highest BCUT2D eigenvalue weighted by molar-refractivity contribution is 8.45. The monoisotopic (exact) mass is 262 g/mol. The Morgan fingerprint density at radius 2 is 1.69 bits per heavy atom. The lowest BCUT2D eigenvalue weighted by Gasteiger charge is -2.40. The Morgan fingerprint density at radius 1 is 1.06 bits per heavy atom. The van der Waals surface area contributed by atoms with Gasteiger partial charge in [-0.25, -0.2) is 0 Å². The molecule has 7 heteroatoms. The van der Waals surface area contributed by atoms with E-state index in [0.29, 0.717) is 12.1 Å². The van der Waals surface area contributed by atoms with E-state index in [0.717, 1.165) is 6.07 Å². The van der Waals surface area contributed by atoms with E-state index in [1.54, 1.807) is 0 Å². The summed E-state index contributed by atoms with van der Waals surface area (Å²) < 4.78 is 62.0. The van der Waals surface area contributed by atoms with Crippen LogP contribution in [0.25, 0.3) is 0 Å². The first-order valence-corrected chi connectivity index (χ1v) is 6.42. The second-order valence-corrected chi connectivity index (χ2v) is 5.85. The summed E-state index contributed by atoms with van der Waals surface area (Å²) in [7, 11) is -9.57. The van der Waals surface area contributed by atoms with Crippen LogP contribution in [0.15, 0.2) is 29.2 Å². The van der Waals surface area contributed by atoms with E-state index in [1.807, 2.05) is 0 Å². The highest BCUT2D eigenvalue weighted by Crippen LogP contribution is 3.02. The maximum atomic E-state index is 12.4. The van der Waals surface area contributed by atoms with Gasteiger partial charge >= 0.3 is 10.2 Å². The molecule has 0 saturated heterocycles. The number of aliphatic hydroxyl groups is 1. The number of halogens is 5. The average Bonchev–Trinajstić information content (AvgIpc) is 2.12. The minimum absolute atomic E-state index is 0.137. The molecule has 0 atom stereocenters. The van der Waals surface area contributed by atoms with Crippen molar-refractivity contribution in [2.75, 3.05) is 6.61 Å². The Balaban J connectivity index is 3.10. The van der Waals surface area contributed by atoms with Gasteiger partial charge in [0.2, 0.25) is 0 Å². The normalized spacial score (nSPS) is 16.6. The van der Waals surface area contributed by atoms with Crippen molar-refractivity contribution in [3.05, 3.63) is 29.8 Å². The molecule has 16 heavy (non-hydrogen) atoms. The number of benzene rings is 1. The zero-order chi connectivity index (χ0) is 12.5. The first kappa shape index (κ1) is 13.2. The highest BCUT2D eigenvalue weighted by atomic mass is 32.5. The predicted molar refractivity (Wildman–Crippen MR) is 53.2 cm³/mol. The van der Waals surface area contributed by atoms with Crippen LogP contribution in [0.5, 0.6) is 0 Å². The van der Waals surface area contributed by atoms with E-state index in [2.05, 4.69) is 0 Å². The van der Waals surface area contributed by atoms with E-state index in [4.69, 9.17) is 5.11 Å². The quantitative estimate of drug-likeness (QED) is 0.803. The lowest BCUT2D eigenvalue weighted by atomic mass is 10.1. The molecule has 1 nitrogen and oxygen atoms in total. The fraction of sp³-hybridized carbons (Fsp3) is 0.333. The summed E-state index contributed by atoms with van der Waals surface area (Å²) in [6.45, 7) is -0.194. The largest absolute Gasteiger partial charge is 0.396 e. The van der Waals surface area contributed by atoms with E-state index >= 15 is 0 Å². The first-order valence-electron chi connectivity index (χ1n) is 4.47. The molecule has 0 fully saturated rings. The van der Waals surface area contributed by atoms with Gasteiger partial charge in [0.1, 0.15) is 4.90 Å². The molecule has 0 bridgehead atoms. The first-order chi connectivity index (χ1) is 7.03. The number of hydrogen-bond acceptors (Lipinski definition) is 1. The van der Waals surface area contributed by atoms with Gasteiger partial charge in [-0.2, -0.15) is 0 Å². The molecule has 0 aliphatic heterocycles. The molecule has 1 rings (SSSR count). The zero-order valence-electron chi connectivity index (χ0n) is 8.18. The second kappa shape index (κ2) is 3.33. The third-order valence-corrected chi connectivity index (χ3v) is 3.11. The summed E-state index contributed by atoms with van der Waals surface area (Å²) >= 11 is 0. The molecular weight excluding hydrogens is 251 g/mol. The van der Waals surface area contributed by atoms with Crippen LogP contribution in [0.1, 0.15) is 12.0 Å². The molecule has 0 saturated carbocycles. The van der Waals surface area contributed by atoms with Gasteiger partial charge in [0, 0.05) is 6.61 Å². The Morgan fingerprint density at radius 3 is 2.19 bits per heavy atom. The summed E-state index contributed by atoms with van der Waals surface area (Å²) in [5.41, 5.74) is 0.139. The van der Waals surface area contributed by atoms with Crippen LogP contribution < -0.4 is 0 Å². The summed E-state index contributed by atoms with van der Waals surface area (Å²) in [5, 5.41) is 8.50. The van der Waals surface area contributed by atoms with Gasteiger partial charge in [-0.1, -0.05) is 31.6 Å². The molecule has 0 heterocycles. The molecule has 0 aliphatic rings. The Kier molecular flexibility index (Phi) is 2.76. The topological polar surface area (TPSA) is 20.2 Å². The van der Waals surface area contributed by atoms with E-state index in [9.17, 15) is 19.4 Å². The van der Waals surface area contributed by atoms with Gasteiger partial charge in [-0.15, -0.1) is 0 Å². The summed E-state index contributed by atoms with van der Waals surface area (Å²) in [6.07, 6.45) is 0.377. The van der Waals surface area contributed by atoms with Crippen LogP contribution in [0.3, 0.4) is 0 Å². The van der Waals surface area contributed by atoms with Crippen molar-refractivity contribution < 1.29 is 24.5 Å². The number of aliphatic hydroxyl groups excluding tert-OH is 1. The molecule has 0 amide bonds. The third kappa shape index (κ3) is 3.64. The van der Waals surface area contributed by atoms with Crippen LogP contribution in [-0.4, -0.2) is 11.7 Å². The van der Waals surface area contributed by atoms with E-state index < -0.39 is 15.1 Å². The fourth-order valence-electron chi connectivity index (χ4n) is 1.22. The predicted octanol–water partition coefficient (Wildman–Crippen LogP) is 4.27. The Hall–Kier alpha value is -0.820.